The molecular weight excluding hydrogens is 226 g/mol. The SMILES string of the molecule is COc1cc(CNCc2ccc(C)nc2)ccn1. The van der Waals surface area contributed by atoms with Crippen molar-refractivity contribution >= 4 is 0 Å². The first-order valence-corrected chi connectivity index (χ1v) is 5.89. The maximum absolute atomic E-state index is 5.08. The van der Waals surface area contributed by atoms with Crippen LogP contribution in [-0.4, -0.2) is 17.1 Å². The van der Waals surface area contributed by atoms with Crippen LogP contribution in [0.3, 0.4) is 0 Å². The first kappa shape index (κ1) is 12.5. The van der Waals surface area contributed by atoms with Crippen LogP contribution in [-0.2, 0) is 13.1 Å². The number of nitrogens with zero attached hydrogens (tertiary/aromatic N) is 2. The van der Waals surface area contributed by atoms with Gasteiger partial charge in [0.15, 0.2) is 0 Å². The maximum Gasteiger partial charge on any atom is 0.213 e. The van der Waals surface area contributed by atoms with Gasteiger partial charge in [-0.15, -0.1) is 0 Å². The predicted octanol–water partition coefficient (Wildman–Crippen LogP) is 2.08. The highest BCUT2D eigenvalue weighted by molar-refractivity contribution is 5.20. The van der Waals surface area contributed by atoms with Gasteiger partial charge >= 0.3 is 0 Å². The molecule has 18 heavy (non-hydrogen) atoms. The van der Waals surface area contributed by atoms with E-state index in [1.54, 1.807) is 13.3 Å². The molecule has 0 spiro atoms. The molecule has 0 saturated heterocycles. The quantitative estimate of drug-likeness (QED) is 0.873. The fourth-order valence-corrected chi connectivity index (χ4v) is 1.63. The largest absolute Gasteiger partial charge is 0.481 e. The molecule has 0 bridgehead atoms. The van der Waals surface area contributed by atoms with E-state index in [2.05, 4.69) is 21.4 Å². The van der Waals surface area contributed by atoms with E-state index in [0.29, 0.717) is 5.88 Å². The third-order valence-electron chi connectivity index (χ3n) is 2.64. The van der Waals surface area contributed by atoms with Crippen LogP contribution in [0, 0.1) is 6.92 Å². The topological polar surface area (TPSA) is 47.0 Å². The summed E-state index contributed by atoms with van der Waals surface area (Å²) >= 11 is 0. The lowest BCUT2D eigenvalue weighted by Crippen LogP contribution is -2.13. The Morgan fingerprint density at radius 2 is 1.94 bits per heavy atom. The van der Waals surface area contributed by atoms with Crippen molar-refractivity contribution in [3.63, 3.8) is 0 Å². The molecular formula is C14H17N3O. The van der Waals surface area contributed by atoms with Crippen LogP contribution >= 0.6 is 0 Å². The van der Waals surface area contributed by atoms with Crippen LogP contribution in [0.2, 0.25) is 0 Å². The van der Waals surface area contributed by atoms with Crippen LogP contribution in [0.15, 0.2) is 36.7 Å². The Labute approximate surface area is 107 Å². The molecule has 2 rings (SSSR count). The third kappa shape index (κ3) is 3.53. The van der Waals surface area contributed by atoms with E-state index in [-0.39, 0.29) is 0 Å². The van der Waals surface area contributed by atoms with Crippen molar-refractivity contribution < 1.29 is 4.74 Å². The molecule has 0 aromatic carbocycles. The molecule has 0 radical (unpaired) electrons. The molecule has 2 heterocycles. The van der Waals surface area contributed by atoms with E-state index >= 15 is 0 Å². The standard InChI is InChI=1S/C14H17N3O/c1-11-3-4-13(10-17-11)9-15-8-12-5-6-16-14(7-12)18-2/h3-7,10,15H,8-9H2,1-2H3. The van der Waals surface area contributed by atoms with Crippen LogP contribution in [0.4, 0.5) is 0 Å². The maximum atomic E-state index is 5.08. The Bertz CT molecular complexity index is 497. The molecule has 0 saturated carbocycles. The lowest BCUT2D eigenvalue weighted by atomic mass is 10.2. The number of hydrogen-bond donors (Lipinski definition) is 1. The Balaban J connectivity index is 1.86. The van der Waals surface area contributed by atoms with Gasteiger partial charge < -0.3 is 10.1 Å². The summed E-state index contributed by atoms with van der Waals surface area (Å²) in [5.41, 5.74) is 3.38. The highest BCUT2D eigenvalue weighted by atomic mass is 16.5. The number of aromatic nitrogens is 2. The molecule has 0 aliphatic rings. The molecule has 0 unspecified atom stereocenters. The molecule has 2 aromatic heterocycles. The Morgan fingerprint density at radius 3 is 2.67 bits per heavy atom. The summed E-state index contributed by atoms with van der Waals surface area (Å²) in [5.74, 6) is 0.645. The lowest BCUT2D eigenvalue weighted by Gasteiger charge is -2.06. The normalized spacial score (nSPS) is 10.3. The molecule has 94 valence electrons. The number of rotatable bonds is 5. The molecule has 0 atom stereocenters. The average molecular weight is 243 g/mol. The summed E-state index contributed by atoms with van der Waals surface area (Å²) in [6, 6.07) is 8.01. The Morgan fingerprint density at radius 1 is 1.11 bits per heavy atom. The van der Waals surface area contributed by atoms with Crippen molar-refractivity contribution in [3.8, 4) is 5.88 Å². The molecule has 0 aliphatic carbocycles. The van der Waals surface area contributed by atoms with Crippen LogP contribution in [0.1, 0.15) is 16.8 Å². The summed E-state index contributed by atoms with van der Waals surface area (Å²) < 4.78 is 5.08. The highest BCUT2D eigenvalue weighted by Gasteiger charge is 1.97. The van der Waals surface area contributed by atoms with Crippen molar-refractivity contribution in [2.45, 2.75) is 20.0 Å². The lowest BCUT2D eigenvalue weighted by molar-refractivity contribution is 0.397. The molecule has 4 heteroatoms. The van der Waals surface area contributed by atoms with Crippen molar-refractivity contribution in [1.82, 2.24) is 15.3 Å². The van der Waals surface area contributed by atoms with Crippen LogP contribution in [0.5, 0.6) is 5.88 Å². The first-order chi connectivity index (χ1) is 8.78. The summed E-state index contributed by atoms with van der Waals surface area (Å²) in [6.07, 6.45) is 3.65. The summed E-state index contributed by atoms with van der Waals surface area (Å²) in [4.78, 5) is 8.34. The summed E-state index contributed by atoms with van der Waals surface area (Å²) in [7, 11) is 1.62. The van der Waals surface area contributed by atoms with Gasteiger partial charge in [0, 0.05) is 37.2 Å². The van der Waals surface area contributed by atoms with E-state index in [0.717, 1.165) is 24.3 Å². The summed E-state index contributed by atoms with van der Waals surface area (Å²) in [6.45, 7) is 3.57. The fourth-order valence-electron chi connectivity index (χ4n) is 1.63. The van der Waals surface area contributed by atoms with Crippen molar-refractivity contribution in [3.05, 3.63) is 53.5 Å². The molecule has 0 aliphatic heterocycles. The monoisotopic (exact) mass is 243 g/mol. The molecule has 1 N–H and O–H groups in total. The average Bonchev–Trinajstić information content (AvgIpc) is 2.41. The van der Waals surface area contributed by atoms with Crippen molar-refractivity contribution in [2.75, 3.05) is 7.11 Å². The minimum Gasteiger partial charge on any atom is -0.481 e. The number of methoxy groups -OCH3 is 1. The second kappa shape index (κ2) is 6.12. The first-order valence-electron chi connectivity index (χ1n) is 5.89. The number of aryl methyl sites for hydroxylation is 1. The van der Waals surface area contributed by atoms with Crippen molar-refractivity contribution in [1.29, 1.82) is 0 Å². The zero-order chi connectivity index (χ0) is 12.8. The van der Waals surface area contributed by atoms with E-state index in [1.807, 2.05) is 31.3 Å². The number of ether oxygens (including phenoxy) is 1. The molecule has 0 amide bonds. The van der Waals surface area contributed by atoms with Crippen LogP contribution < -0.4 is 10.1 Å². The highest BCUT2D eigenvalue weighted by Crippen LogP contribution is 2.08. The zero-order valence-electron chi connectivity index (χ0n) is 10.7. The molecule has 0 fully saturated rings. The predicted molar refractivity (Wildman–Crippen MR) is 70.3 cm³/mol. The van der Waals surface area contributed by atoms with Gasteiger partial charge in [0.25, 0.3) is 0 Å². The summed E-state index contributed by atoms with van der Waals surface area (Å²) in [5, 5.41) is 3.37. The van der Waals surface area contributed by atoms with Gasteiger partial charge in [0.2, 0.25) is 5.88 Å². The van der Waals surface area contributed by atoms with Gasteiger partial charge in [-0.3, -0.25) is 4.98 Å². The number of hydrogen-bond acceptors (Lipinski definition) is 4. The van der Waals surface area contributed by atoms with Gasteiger partial charge in [-0.2, -0.15) is 0 Å². The minimum absolute atomic E-state index is 0.645. The minimum atomic E-state index is 0.645. The second-order valence-electron chi connectivity index (χ2n) is 4.12. The van der Waals surface area contributed by atoms with Gasteiger partial charge in [-0.25, -0.2) is 4.98 Å². The van der Waals surface area contributed by atoms with E-state index in [1.165, 1.54) is 5.56 Å². The van der Waals surface area contributed by atoms with Crippen LogP contribution in [0.25, 0.3) is 0 Å². The second-order valence-corrected chi connectivity index (χ2v) is 4.12. The van der Waals surface area contributed by atoms with Gasteiger partial charge in [-0.1, -0.05) is 6.07 Å². The van der Waals surface area contributed by atoms with E-state index < -0.39 is 0 Å². The fraction of sp³-hybridized carbons (Fsp3) is 0.286. The number of pyridine rings is 2. The van der Waals surface area contributed by atoms with Gasteiger partial charge in [-0.05, 0) is 30.2 Å². The van der Waals surface area contributed by atoms with E-state index in [9.17, 15) is 0 Å². The zero-order valence-corrected chi connectivity index (χ0v) is 10.7. The molecule has 2 aromatic rings. The number of nitrogens with one attached hydrogen (secondary N) is 1. The van der Waals surface area contributed by atoms with Crippen molar-refractivity contribution in [2.24, 2.45) is 0 Å². The molecule has 4 nitrogen and oxygen atoms in total. The Hall–Kier alpha value is -1.94. The third-order valence-corrected chi connectivity index (χ3v) is 2.64. The van der Waals surface area contributed by atoms with E-state index in [4.69, 9.17) is 4.74 Å². The van der Waals surface area contributed by atoms with Gasteiger partial charge in [0.05, 0.1) is 7.11 Å². The smallest absolute Gasteiger partial charge is 0.213 e. The van der Waals surface area contributed by atoms with Gasteiger partial charge in [0.1, 0.15) is 0 Å². The Kier molecular flexibility index (Phi) is 4.25.